The second-order valence-electron chi connectivity index (χ2n) is 3.18. The Kier molecular flexibility index (Phi) is 4.05. The number of hydrogen-bond acceptors (Lipinski definition) is 3. The van der Waals surface area contributed by atoms with Gasteiger partial charge in [0.05, 0.1) is 21.8 Å². The summed E-state index contributed by atoms with van der Waals surface area (Å²) >= 11 is 11.8. The summed E-state index contributed by atoms with van der Waals surface area (Å²) in [6.07, 6.45) is 0. The van der Waals surface area contributed by atoms with Crippen molar-refractivity contribution in [2.45, 2.75) is 6.92 Å². The maximum Gasteiger partial charge on any atom is 0.153 e. The van der Waals surface area contributed by atoms with E-state index < -0.39 is 11.7 Å². The number of hydrogen-bond donors (Lipinski definition) is 1. The number of carbonyl (C=O) groups is 1. The van der Waals surface area contributed by atoms with Crippen molar-refractivity contribution in [2.75, 3.05) is 0 Å². The van der Waals surface area contributed by atoms with Gasteiger partial charge in [-0.05, 0) is 19.1 Å². The zero-order chi connectivity index (χ0) is 12.3. The summed E-state index contributed by atoms with van der Waals surface area (Å²) in [5.74, 6) is -1.53. The zero-order valence-corrected chi connectivity index (χ0v) is 9.93. The molecule has 5 heteroatoms. The number of nitriles is 1. The first-order chi connectivity index (χ1) is 7.49. The molecule has 1 atom stereocenters. The van der Waals surface area contributed by atoms with Crippen molar-refractivity contribution >= 4 is 34.7 Å². The van der Waals surface area contributed by atoms with Crippen LogP contribution < -0.4 is 0 Å². The van der Waals surface area contributed by atoms with Gasteiger partial charge in [0, 0.05) is 5.56 Å². The molecule has 0 saturated carbocycles. The molecule has 0 radical (unpaired) electrons. The highest BCUT2D eigenvalue weighted by Gasteiger charge is 2.23. The molecule has 1 aromatic rings. The number of rotatable bonds is 3. The Morgan fingerprint density at radius 3 is 2.31 bits per heavy atom. The van der Waals surface area contributed by atoms with Crippen molar-refractivity contribution in [1.82, 2.24) is 0 Å². The van der Waals surface area contributed by atoms with Crippen LogP contribution in [0.25, 0.3) is 0 Å². The monoisotopic (exact) mass is 254 g/mol. The molecular formula is C11H8Cl2N2O. The molecule has 1 rings (SSSR count). The maximum atomic E-state index is 11.2. The standard InChI is InChI=1S/C11H8Cl2N2O/c1-6(16)7(5-14)11(15)10-8(12)3-2-4-9(10)13/h2-4,7,15H,1H3/t7-/m1/s1. The van der Waals surface area contributed by atoms with Crippen molar-refractivity contribution in [3.05, 3.63) is 33.8 Å². The molecule has 0 fully saturated rings. The predicted octanol–water partition coefficient (Wildman–Crippen LogP) is 3.09. The van der Waals surface area contributed by atoms with Crippen LogP contribution in [0.5, 0.6) is 0 Å². The number of benzene rings is 1. The summed E-state index contributed by atoms with van der Waals surface area (Å²) in [6, 6.07) is 6.52. The molecule has 0 aromatic heterocycles. The van der Waals surface area contributed by atoms with Crippen LogP contribution in [-0.4, -0.2) is 11.5 Å². The Bertz CT molecular complexity index is 471. The molecule has 3 nitrogen and oxygen atoms in total. The third kappa shape index (κ3) is 2.41. The molecule has 0 aliphatic carbocycles. The van der Waals surface area contributed by atoms with Gasteiger partial charge in [-0.25, -0.2) is 0 Å². The fraction of sp³-hybridized carbons (Fsp3) is 0.182. The maximum absolute atomic E-state index is 11.2. The number of halogens is 2. The first-order valence-electron chi connectivity index (χ1n) is 4.42. The Hall–Kier alpha value is -1.37. The van der Waals surface area contributed by atoms with Crippen LogP contribution in [0.15, 0.2) is 18.2 Å². The number of nitrogens with one attached hydrogen (secondary N) is 1. The van der Waals surface area contributed by atoms with E-state index in [-0.39, 0.29) is 21.3 Å². The Morgan fingerprint density at radius 2 is 1.94 bits per heavy atom. The van der Waals surface area contributed by atoms with Gasteiger partial charge in [-0.15, -0.1) is 0 Å². The molecule has 0 saturated heterocycles. The van der Waals surface area contributed by atoms with E-state index in [2.05, 4.69) is 0 Å². The van der Waals surface area contributed by atoms with E-state index >= 15 is 0 Å². The van der Waals surface area contributed by atoms with Crippen LogP contribution in [-0.2, 0) is 4.79 Å². The van der Waals surface area contributed by atoms with Crippen LogP contribution in [0.3, 0.4) is 0 Å². The van der Waals surface area contributed by atoms with Gasteiger partial charge >= 0.3 is 0 Å². The molecule has 0 spiro atoms. The molecule has 0 unspecified atom stereocenters. The van der Waals surface area contributed by atoms with Gasteiger partial charge in [0.25, 0.3) is 0 Å². The van der Waals surface area contributed by atoms with Crippen LogP contribution in [0.1, 0.15) is 12.5 Å². The number of nitrogens with zero attached hydrogens (tertiary/aromatic N) is 1. The normalized spacial score (nSPS) is 11.6. The van der Waals surface area contributed by atoms with E-state index in [9.17, 15) is 4.79 Å². The fourth-order valence-electron chi connectivity index (χ4n) is 1.26. The molecule has 82 valence electrons. The third-order valence-electron chi connectivity index (χ3n) is 2.06. The lowest BCUT2D eigenvalue weighted by molar-refractivity contribution is -0.117. The van der Waals surface area contributed by atoms with E-state index in [1.165, 1.54) is 6.92 Å². The van der Waals surface area contributed by atoms with E-state index in [0.29, 0.717) is 0 Å². The minimum absolute atomic E-state index is 0.161. The predicted molar refractivity (Wildman–Crippen MR) is 63.1 cm³/mol. The number of Topliss-reactive ketones (excluding diaryl/α,β-unsaturated/α-hetero) is 1. The smallest absolute Gasteiger partial charge is 0.153 e. The quantitative estimate of drug-likeness (QED) is 0.843. The Balaban J connectivity index is 3.25. The van der Waals surface area contributed by atoms with Crippen molar-refractivity contribution in [3.8, 4) is 6.07 Å². The van der Waals surface area contributed by atoms with Crippen LogP contribution >= 0.6 is 23.2 Å². The van der Waals surface area contributed by atoms with E-state index in [4.69, 9.17) is 33.9 Å². The number of ketones is 1. The van der Waals surface area contributed by atoms with Crippen molar-refractivity contribution < 1.29 is 4.79 Å². The van der Waals surface area contributed by atoms with E-state index in [0.717, 1.165) is 0 Å². The lowest BCUT2D eigenvalue weighted by atomic mass is 9.95. The zero-order valence-electron chi connectivity index (χ0n) is 8.42. The summed E-state index contributed by atoms with van der Waals surface area (Å²) in [5.41, 5.74) is 0.0817. The first kappa shape index (κ1) is 12.7. The van der Waals surface area contributed by atoms with Gasteiger partial charge < -0.3 is 5.41 Å². The van der Waals surface area contributed by atoms with Crippen molar-refractivity contribution in [3.63, 3.8) is 0 Å². The minimum atomic E-state index is -1.13. The van der Waals surface area contributed by atoms with Gasteiger partial charge in [-0.1, -0.05) is 29.3 Å². The van der Waals surface area contributed by atoms with Gasteiger partial charge in [-0.3, -0.25) is 4.79 Å². The van der Waals surface area contributed by atoms with Gasteiger partial charge in [0.2, 0.25) is 0 Å². The van der Waals surface area contributed by atoms with Gasteiger partial charge in [0.1, 0.15) is 5.92 Å². The van der Waals surface area contributed by atoms with Gasteiger partial charge in [-0.2, -0.15) is 5.26 Å². The van der Waals surface area contributed by atoms with Crippen molar-refractivity contribution in [2.24, 2.45) is 5.92 Å². The van der Waals surface area contributed by atoms with Crippen LogP contribution in [0, 0.1) is 22.7 Å². The largest absolute Gasteiger partial charge is 0.303 e. The molecule has 0 bridgehead atoms. The molecule has 0 amide bonds. The lowest BCUT2D eigenvalue weighted by Gasteiger charge is -2.10. The Morgan fingerprint density at radius 1 is 1.44 bits per heavy atom. The first-order valence-corrected chi connectivity index (χ1v) is 5.17. The SMILES string of the molecule is CC(=O)[C@@H](C#N)C(=N)c1c(Cl)cccc1Cl. The van der Waals surface area contributed by atoms with E-state index in [1.807, 2.05) is 0 Å². The average molecular weight is 255 g/mol. The molecular weight excluding hydrogens is 247 g/mol. The lowest BCUT2D eigenvalue weighted by Crippen LogP contribution is -2.21. The highest BCUT2D eigenvalue weighted by molar-refractivity contribution is 6.41. The molecule has 16 heavy (non-hydrogen) atoms. The fourth-order valence-corrected chi connectivity index (χ4v) is 1.86. The van der Waals surface area contributed by atoms with Crippen LogP contribution in [0.2, 0.25) is 10.0 Å². The van der Waals surface area contributed by atoms with Gasteiger partial charge in [0.15, 0.2) is 5.78 Å². The second-order valence-corrected chi connectivity index (χ2v) is 4.00. The molecule has 1 N–H and O–H groups in total. The topological polar surface area (TPSA) is 64.7 Å². The third-order valence-corrected chi connectivity index (χ3v) is 2.69. The average Bonchev–Trinajstić information content (AvgIpc) is 2.17. The molecule has 0 aliphatic rings. The number of carbonyl (C=O) groups excluding carboxylic acids is 1. The molecule has 0 aliphatic heterocycles. The summed E-state index contributed by atoms with van der Waals surface area (Å²) in [6.45, 7) is 1.26. The van der Waals surface area contributed by atoms with Crippen LogP contribution in [0.4, 0.5) is 0 Å². The highest BCUT2D eigenvalue weighted by Crippen LogP contribution is 2.26. The summed E-state index contributed by atoms with van der Waals surface area (Å²) in [5, 5.41) is 17.1. The van der Waals surface area contributed by atoms with Crippen molar-refractivity contribution in [1.29, 1.82) is 10.7 Å². The summed E-state index contributed by atoms with van der Waals surface area (Å²) in [7, 11) is 0. The highest BCUT2D eigenvalue weighted by atomic mass is 35.5. The molecule has 1 aromatic carbocycles. The summed E-state index contributed by atoms with van der Waals surface area (Å²) < 4.78 is 0. The molecule has 0 heterocycles. The summed E-state index contributed by atoms with van der Waals surface area (Å²) in [4.78, 5) is 11.2. The van der Waals surface area contributed by atoms with E-state index in [1.54, 1.807) is 24.3 Å². The Labute approximate surface area is 103 Å². The minimum Gasteiger partial charge on any atom is -0.303 e. The second kappa shape index (κ2) is 5.11.